The number of hydrogen-bond donors (Lipinski definition) is 1. The van der Waals surface area contributed by atoms with Crippen LogP contribution in [0.4, 0.5) is 5.69 Å². The van der Waals surface area contributed by atoms with Gasteiger partial charge in [0.1, 0.15) is 11.7 Å². The Bertz CT molecular complexity index is 1340. The number of rotatable bonds is 8. The molecule has 2 heterocycles. The molecule has 2 aromatic carbocycles. The highest BCUT2D eigenvalue weighted by Crippen LogP contribution is 2.43. The molecule has 192 valence electrons. The predicted octanol–water partition coefficient (Wildman–Crippen LogP) is 4.29. The summed E-state index contributed by atoms with van der Waals surface area (Å²) in [6.45, 7) is 5.34. The molecule has 0 spiro atoms. The van der Waals surface area contributed by atoms with Crippen molar-refractivity contribution >= 4 is 40.4 Å². The highest BCUT2D eigenvalue weighted by atomic mass is 32.1. The van der Waals surface area contributed by atoms with E-state index in [1.54, 1.807) is 68.6 Å². The number of Topliss-reactive ketones (excluding diaryl/α,β-unsaturated/α-hetero) is 2. The number of carbonyl (C=O) groups excluding carboxylic acids is 4. The van der Waals surface area contributed by atoms with E-state index in [0.29, 0.717) is 11.3 Å². The highest BCUT2D eigenvalue weighted by Gasteiger charge is 2.53. The second kappa shape index (κ2) is 10.8. The summed E-state index contributed by atoms with van der Waals surface area (Å²) in [5.41, 5.74) is 3.21. The zero-order valence-electron chi connectivity index (χ0n) is 21.3. The molecule has 1 N–H and O–H groups in total. The molecule has 3 aromatic rings. The lowest BCUT2D eigenvalue weighted by atomic mass is 9.83. The first kappa shape index (κ1) is 26.4. The van der Waals surface area contributed by atoms with E-state index in [0.717, 1.165) is 11.1 Å². The maximum absolute atomic E-state index is 13.4. The normalized spacial score (nSPS) is 17.5. The summed E-state index contributed by atoms with van der Waals surface area (Å²) in [5.74, 6) is -3.96. The zero-order chi connectivity index (χ0) is 26.9. The molecule has 37 heavy (non-hydrogen) atoms. The van der Waals surface area contributed by atoms with Crippen molar-refractivity contribution in [3.63, 3.8) is 0 Å². The number of amides is 2. The van der Waals surface area contributed by atoms with Gasteiger partial charge in [0.15, 0.2) is 0 Å². The minimum Gasteiger partial charge on any atom is -0.395 e. The van der Waals surface area contributed by atoms with Crippen LogP contribution in [0.15, 0.2) is 60.0 Å². The molecule has 1 aromatic heterocycles. The van der Waals surface area contributed by atoms with E-state index < -0.39 is 29.6 Å². The summed E-state index contributed by atoms with van der Waals surface area (Å²) < 4.78 is 0. The Kier molecular flexibility index (Phi) is 7.71. The number of aliphatic hydroxyl groups excluding tert-OH is 1. The zero-order valence-corrected chi connectivity index (χ0v) is 22.1. The molecule has 1 fully saturated rings. The van der Waals surface area contributed by atoms with E-state index >= 15 is 0 Å². The summed E-state index contributed by atoms with van der Waals surface area (Å²) in [6.07, 6.45) is 0. The first-order valence-corrected chi connectivity index (χ1v) is 13.1. The van der Waals surface area contributed by atoms with Gasteiger partial charge in [-0.1, -0.05) is 44.2 Å². The fourth-order valence-electron chi connectivity index (χ4n) is 4.73. The van der Waals surface area contributed by atoms with Crippen molar-refractivity contribution in [1.82, 2.24) is 4.90 Å². The number of likely N-dealkylation sites (N-methyl/N-ethyl adjacent to an activating group) is 1. The van der Waals surface area contributed by atoms with Crippen LogP contribution in [-0.2, 0) is 14.4 Å². The molecule has 0 aliphatic carbocycles. The van der Waals surface area contributed by atoms with E-state index in [-0.39, 0.29) is 30.4 Å². The highest BCUT2D eigenvalue weighted by molar-refractivity contribution is 7.10. The van der Waals surface area contributed by atoms with Crippen LogP contribution in [0.3, 0.4) is 0 Å². The van der Waals surface area contributed by atoms with Gasteiger partial charge >= 0.3 is 0 Å². The third-order valence-corrected chi connectivity index (χ3v) is 7.54. The van der Waals surface area contributed by atoms with Crippen molar-refractivity contribution in [3.8, 4) is 11.1 Å². The Morgan fingerprint density at radius 1 is 1.05 bits per heavy atom. The second-order valence-corrected chi connectivity index (χ2v) is 10.7. The fourth-order valence-corrected chi connectivity index (χ4v) is 5.44. The van der Waals surface area contributed by atoms with E-state index in [1.807, 2.05) is 19.1 Å². The van der Waals surface area contributed by atoms with Crippen LogP contribution in [0, 0.1) is 18.8 Å². The van der Waals surface area contributed by atoms with Gasteiger partial charge in [-0.05, 0) is 53.3 Å². The van der Waals surface area contributed by atoms with Crippen molar-refractivity contribution in [2.75, 3.05) is 25.1 Å². The molecular weight excluding hydrogens is 488 g/mol. The van der Waals surface area contributed by atoms with Gasteiger partial charge in [-0.15, -0.1) is 11.3 Å². The number of anilines is 1. The number of aliphatic hydroxyl groups is 1. The van der Waals surface area contributed by atoms with Gasteiger partial charge in [-0.25, -0.2) is 0 Å². The topological polar surface area (TPSA) is 95.0 Å². The molecule has 1 saturated heterocycles. The summed E-state index contributed by atoms with van der Waals surface area (Å²) in [6, 6.07) is 15.1. The SMILES string of the molecule is Cc1cc(-c2ccc(N3C(=O)C(=O)C(C(=O)C(C)C)C3c3ccccc3C(=O)N(C)CCO)cc2)cs1. The summed E-state index contributed by atoms with van der Waals surface area (Å²) in [7, 11) is 1.57. The van der Waals surface area contributed by atoms with E-state index in [4.69, 9.17) is 0 Å². The Morgan fingerprint density at radius 2 is 1.73 bits per heavy atom. The standard InChI is InChI=1S/C29H30N2O5S/c1-17(2)26(33)24-25(22-7-5-6-8-23(22)28(35)30(4)13-14-32)31(29(36)27(24)34)21-11-9-19(10-12-21)20-15-18(3)37-16-20/h5-12,15-17,24-25,32H,13-14H2,1-4H3. The molecule has 8 heteroatoms. The predicted molar refractivity (Wildman–Crippen MR) is 144 cm³/mol. The van der Waals surface area contributed by atoms with Crippen molar-refractivity contribution in [2.24, 2.45) is 11.8 Å². The van der Waals surface area contributed by atoms with Crippen LogP contribution in [-0.4, -0.2) is 53.6 Å². The van der Waals surface area contributed by atoms with Gasteiger partial charge in [-0.2, -0.15) is 0 Å². The van der Waals surface area contributed by atoms with Crippen LogP contribution in [0.25, 0.3) is 11.1 Å². The number of aryl methyl sites for hydroxylation is 1. The number of hydrogen-bond acceptors (Lipinski definition) is 6. The second-order valence-electron chi connectivity index (χ2n) is 9.55. The molecule has 2 atom stereocenters. The molecule has 2 amide bonds. The van der Waals surface area contributed by atoms with E-state index in [9.17, 15) is 24.3 Å². The number of ketones is 2. The van der Waals surface area contributed by atoms with Crippen LogP contribution in [0.1, 0.15) is 40.7 Å². The minimum atomic E-state index is -1.23. The largest absolute Gasteiger partial charge is 0.395 e. The van der Waals surface area contributed by atoms with Crippen molar-refractivity contribution < 1.29 is 24.3 Å². The summed E-state index contributed by atoms with van der Waals surface area (Å²) >= 11 is 1.64. The maximum Gasteiger partial charge on any atom is 0.295 e. The van der Waals surface area contributed by atoms with Gasteiger partial charge in [0, 0.05) is 35.6 Å². The van der Waals surface area contributed by atoms with Crippen LogP contribution < -0.4 is 4.90 Å². The Hall–Kier alpha value is -3.62. The molecule has 0 saturated carbocycles. The fraction of sp³-hybridized carbons (Fsp3) is 0.310. The molecule has 2 unspecified atom stereocenters. The lowest BCUT2D eigenvalue weighted by Gasteiger charge is -2.30. The smallest absolute Gasteiger partial charge is 0.295 e. The lowest BCUT2D eigenvalue weighted by molar-refractivity contribution is -0.139. The molecule has 4 rings (SSSR count). The third-order valence-electron chi connectivity index (χ3n) is 6.68. The van der Waals surface area contributed by atoms with E-state index in [2.05, 4.69) is 11.4 Å². The quantitative estimate of drug-likeness (QED) is 0.355. The van der Waals surface area contributed by atoms with Crippen LogP contribution in [0.5, 0.6) is 0 Å². The number of carbonyl (C=O) groups is 4. The summed E-state index contributed by atoms with van der Waals surface area (Å²) in [4.78, 5) is 57.2. The van der Waals surface area contributed by atoms with Gasteiger partial charge in [0.2, 0.25) is 5.78 Å². The van der Waals surface area contributed by atoms with Gasteiger partial charge in [-0.3, -0.25) is 24.1 Å². The minimum absolute atomic E-state index is 0.122. The Balaban J connectivity index is 1.84. The summed E-state index contributed by atoms with van der Waals surface area (Å²) in [5, 5.41) is 11.4. The molecular formula is C29H30N2O5S. The van der Waals surface area contributed by atoms with Gasteiger partial charge in [0.25, 0.3) is 11.8 Å². The van der Waals surface area contributed by atoms with E-state index in [1.165, 1.54) is 14.7 Å². The van der Waals surface area contributed by atoms with Gasteiger partial charge in [0.05, 0.1) is 12.6 Å². The van der Waals surface area contributed by atoms with Crippen LogP contribution in [0.2, 0.25) is 0 Å². The number of nitrogens with zero attached hydrogens (tertiary/aromatic N) is 2. The molecule has 7 nitrogen and oxygen atoms in total. The van der Waals surface area contributed by atoms with Crippen LogP contribution >= 0.6 is 11.3 Å². The molecule has 1 aliphatic heterocycles. The van der Waals surface area contributed by atoms with Crippen molar-refractivity contribution in [2.45, 2.75) is 26.8 Å². The lowest BCUT2D eigenvalue weighted by Crippen LogP contribution is -2.35. The number of benzene rings is 2. The monoisotopic (exact) mass is 518 g/mol. The Labute approximate surface area is 220 Å². The molecule has 0 bridgehead atoms. The first-order valence-electron chi connectivity index (χ1n) is 12.2. The maximum atomic E-state index is 13.4. The average molecular weight is 519 g/mol. The third kappa shape index (κ3) is 4.99. The Morgan fingerprint density at radius 3 is 2.32 bits per heavy atom. The first-order chi connectivity index (χ1) is 17.6. The van der Waals surface area contributed by atoms with Crippen molar-refractivity contribution in [1.29, 1.82) is 0 Å². The van der Waals surface area contributed by atoms with Gasteiger partial charge < -0.3 is 10.0 Å². The molecule has 0 radical (unpaired) electrons. The number of thiophene rings is 1. The molecule has 1 aliphatic rings. The van der Waals surface area contributed by atoms with Crippen molar-refractivity contribution in [3.05, 3.63) is 76.0 Å². The average Bonchev–Trinajstić information content (AvgIpc) is 3.44.